The van der Waals surface area contributed by atoms with Crippen LogP contribution in [0.1, 0.15) is 15.9 Å². The van der Waals surface area contributed by atoms with Crippen molar-refractivity contribution in [3.8, 4) is 0 Å². The lowest BCUT2D eigenvalue weighted by atomic mass is 10.2. The third-order valence-corrected chi connectivity index (χ3v) is 2.73. The minimum absolute atomic E-state index is 0.101. The minimum atomic E-state index is -0.759. The van der Waals surface area contributed by atoms with Gasteiger partial charge in [0.1, 0.15) is 0 Å². The van der Waals surface area contributed by atoms with Crippen LogP contribution in [-0.4, -0.2) is 5.91 Å². The number of benzene rings is 2. The van der Waals surface area contributed by atoms with Crippen LogP contribution in [0.3, 0.4) is 0 Å². The van der Waals surface area contributed by atoms with Gasteiger partial charge in [-0.3, -0.25) is 9.63 Å². The molecule has 0 bridgehead atoms. The Morgan fingerprint density at radius 2 is 1.89 bits per heavy atom. The van der Waals surface area contributed by atoms with Crippen molar-refractivity contribution in [2.75, 3.05) is 0 Å². The van der Waals surface area contributed by atoms with Gasteiger partial charge in [-0.25, -0.2) is 9.87 Å². The summed E-state index contributed by atoms with van der Waals surface area (Å²) in [5.41, 5.74) is 2.92. The Kier molecular flexibility index (Phi) is 4.49. The maximum atomic E-state index is 13.6. The Hall–Kier alpha value is -1.91. The summed E-state index contributed by atoms with van der Waals surface area (Å²) in [6, 6.07) is 13.5. The lowest BCUT2D eigenvalue weighted by Crippen LogP contribution is -2.24. The zero-order chi connectivity index (χ0) is 13.7. The largest absolute Gasteiger partial charge is 0.277 e. The zero-order valence-electron chi connectivity index (χ0n) is 9.90. The molecule has 2 rings (SSSR count). The number of rotatable bonds is 4. The van der Waals surface area contributed by atoms with Crippen molar-refractivity contribution >= 4 is 17.5 Å². The molecular formula is C14H11ClFNO2. The van der Waals surface area contributed by atoms with Gasteiger partial charge in [0.15, 0.2) is 5.82 Å². The first-order valence-electron chi connectivity index (χ1n) is 5.58. The highest BCUT2D eigenvalue weighted by atomic mass is 35.5. The molecule has 0 aliphatic heterocycles. The molecule has 5 heteroatoms. The summed E-state index contributed by atoms with van der Waals surface area (Å²) in [5.74, 6) is -1.43. The van der Waals surface area contributed by atoms with E-state index in [0.29, 0.717) is 0 Å². The highest BCUT2D eigenvalue weighted by molar-refractivity contribution is 6.31. The maximum absolute atomic E-state index is 13.6. The standard InChI is InChI=1S/C14H11ClFNO2/c15-12-8-4-7-11(13(12)16)14(18)17-19-9-10-5-2-1-3-6-10/h1-8H,9H2,(H,17,18). The lowest BCUT2D eigenvalue weighted by Gasteiger charge is -2.07. The summed E-state index contributed by atoms with van der Waals surface area (Å²) in [7, 11) is 0. The first kappa shape index (κ1) is 13.5. The Morgan fingerprint density at radius 3 is 2.63 bits per heavy atom. The van der Waals surface area contributed by atoms with Gasteiger partial charge in [0.05, 0.1) is 17.2 Å². The summed E-state index contributed by atoms with van der Waals surface area (Å²) in [6.07, 6.45) is 0. The number of hydrogen-bond acceptors (Lipinski definition) is 2. The van der Waals surface area contributed by atoms with Crippen LogP contribution in [0.5, 0.6) is 0 Å². The summed E-state index contributed by atoms with van der Waals surface area (Å²) in [6.45, 7) is 0.203. The van der Waals surface area contributed by atoms with E-state index < -0.39 is 11.7 Å². The van der Waals surface area contributed by atoms with Crippen LogP contribution in [0.2, 0.25) is 5.02 Å². The molecule has 0 aliphatic rings. The summed E-state index contributed by atoms with van der Waals surface area (Å²) < 4.78 is 13.6. The van der Waals surface area contributed by atoms with Crippen molar-refractivity contribution in [2.45, 2.75) is 6.61 Å². The normalized spacial score (nSPS) is 10.2. The van der Waals surface area contributed by atoms with Crippen LogP contribution in [0.4, 0.5) is 4.39 Å². The fourth-order valence-electron chi connectivity index (χ4n) is 1.49. The highest BCUT2D eigenvalue weighted by Gasteiger charge is 2.13. The molecule has 0 radical (unpaired) electrons. The molecule has 0 fully saturated rings. The van der Waals surface area contributed by atoms with Gasteiger partial charge < -0.3 is 0 Å². The Labute approximate surface area is 114 Å². The van der Waals surface area contributed by atoms with Crippen LogP contribution in [0, 0.1) is 5.82 Å². The number of carbonyl (C=O) groups is 1. The molecule has 0 heterocycles. The van der Waals surface area contributed by atoms with E-state index >= 15 is 0 Å². The highest BCUT2D eigenvalue weighted by Crippen LogP contribution is 2.17. The fourth-order valence-corrected chi connectivity index (χ4v) is 1.67. The molecule has 2 aromatic carbocycles. The Balaban J connectivity index is 1.93. The van der Waals surface area contributed by atoms with E-state index in [2.05, 4.69) is 5.48 Å². The SMILES string of the molecule is O=C(NOCc1ccccc1)c1cccc(Cl)c1F. The number of nitrogens with one attached hydrogen (secondary N) is 1. The van der Waals surface area contributed by atoms with Gasteiger partial charge in [-0.05, 0) is 17.7 Å². The molecule has 1 amide bonds. The molecule has 98 valence electrons. The fraction of sp³-hybridized carbons (Fsp3) is 0.0714. The van der Waals surface area contributed by atoms with Gasteiger partial charge in [0, 0.05) is 0 Å². The predicted molar refractivity (Wildman–Crippen MR) is 70.1 cm³/mol. The maximum Gasteiger partial charge on any atom is 0.277 e. The Morgan fingerprint density at radius 1 is 1.16 bits per heavy atom. The summed E-state index contributed by atoms with van der Waals surface area (Å²) in [5, 5.41) is -0.101. The van der Waals surface area contributed by atoms with E-state index in [1.165, 1.54) is 18.2 Å². The van der Waals surface area contributed by atoms with E-state index in [-0.39, 0.29) is 17.2 Å². The number of hydrogen-bond donors (Lipinski definition) is 1. The van der Waals surface area contributed by atoms with Crippen molar-refractivity contribution in [3.63, 3.8) is 0 Å². The first-order valence-corrected chi connectivity index (χ1v) is 5.96. The molecular weight excluding hydrogens is 269 g/mol. The van der Waals surface area contributed by atoms with E-state index in [1.54, 1.807) is 0 Å². The lowest BCUT2D eigenvalue weighted by molar-refractivity contribution is 0.0230. The van der Waals surface area contributed by atoms with Crippen molar-refractivity contribution in [1.29, 1.82) is 0 Å². The van der Waals surface area contributed by atoms with E-state index in [4.69, 9.17) is 16.4 Å². The second-order valence-electron chi connectivity index (χ2n) is 3.81. The monoisotopic (exact) mass is 279 g/mol. The van der Waals surface area contributed by atoms with Gasteiger partial charge >= 0.3 is 0 Å². The molecule has 0 atom stereocenters. The molecule has 1 N–H and O–H groups in total. The molecule has 0 aromatic heterocycles. The van der Waals surface area contributed by atoms with Gasteiger partial charge in [-0.1, -0.05) is 48.0 Å². The second-order valence-corrected chi connectivity index (χ2v) is 4.21. The molecule has 0 saturated carbocycles. The minimum Gasteiger partial charge on any atom is -0.269 e. The van der Waals surface area contributed by atoms with Crippen LogP contribution >= 0.6 is 11.6 Å². The molecule has 2 aromatic rings. The van der Waals surface area contributed by atoms with Gasteiger partial charge in [-0.2, -0.15) is 0 Å². The number of carbonyl (C=O) groups excluding carboxylic acids is 1. The molecule has 0 spiro atoms. The molecule has 19 heavy (non-hydrogen) atoms. The predicted octanol–water partition coefficient (Wildman–Crippen LogP) is 3.34. The van der Waals surface area contributed by atoms with Crippen LogP contribution in [0.25, 0.3) is 0 Å². The molecule has 0 saturated heterocycles. The smallest absolute Gasteiger partial charge is 0.269 e. The third-order valence-electron chi connectivity index (χ3n) is 2.44. The van der Waals surface area contributed by atoms with E-state index in [9.17, 15) is 9.18 Å². The van der Waals surface area contributed by atoms with Crippen LogP contribution in [-0.2, 0) is 11.4 Å². The third kappa shape index (κ3) is 3.53. The molecule has 3 nitrogen and oxygen atoms in total. The average molecular weight is 280 g/mol. The molecule has 0 unspecified atom stereocenters. The summed E-state index contributed by atoms with van der Waals surface area (Å²) in [4.78, 5) is 16.7. The van der Waals surface area contributed by atoms with Gasteiger partial charge in [0.2, 0.25) is 0 Å². The van der Waals surface area contributed by atoms with E-state index in [0.717, 1.165) is 5.56 Å². The van der Waals surface area contributed by atoms with Crippen LogP contribution in [0.15, 0.2) is 48.5 Å². The quantitative estimate of drug-likeness (QED) is 0.872. The average Bonchev–Trinajstić information content (AvgIpc) is 2.43. The van der Waals surface area contributed by atoms with Crippen molar-refractivity contribution in [1.82, 2.24) is 5.48 Å². The van der Waals surface area contributed by atoms with Crippen molar-refractivity contribution in [2.24, 2.45) is 0 Å². The van der Waals surface area contributed by atoms with Crippen molar-refractivity contribution in [3.05, 3.63) is 70.5 Å². The van der Waals surface area contributed by atoms with Gasteiger partial charge in [0.25, 0.3) is 5.91 Å². The van der Waals surface area contributed by atoms with Crippen LogP contribution < -0.4 is 5.48 Å². The van der Waals surface area contributed by atoms with Gasteiger partial charge in [-0.15, -0.1) is 0 Å². The molecule has 0 aliphatic carbocycles. The first-order chi connectivity index (χ1) is 9.18. The number of halogens is 2. The number of amides is 1. The topological polar surface area (TPSA) is 38.3 Å². The zero-order valence-corrected chi connectivity index (χ0v) is 10.7. The van der Waals surface area contributed by atoms with E-state index in [1.807, 2.05) is 30.3 Å². The Bertz CT molecular complexity index is 575. The van der Waals surface area contributed by atoms with Crippen molar-refractivity contribution < 1.29 is 14.0 Å². The second kappa shape index (κ2) is 6.31. The summed E-state index contributed by atoms with van der Waals surface area (Å²) >= 11 is 5.59. The number of hydroxylamine groups is 1.